The van der Waals surface area contributed by atoms with Gasteiger partial charge in [0.05, 0.1) is 0 Å². The molecule has 3 N–H and O–H groups in total. The molecule has 1 aliphatic rings. The van der Waals surface area contributed by atoms with Gasteiger partial charge in [0.15, 0.2) is 5.96 Å². The number of nitrogens with two attached hydrogens (primary N) is 1. The average Bonchev–Trinajstić information content (AvgIpc) is 2.75. The molecule has 1 saturated heterocycles. The molecule has 5 heteroatoms. The Kier molecular flexibility index (Phi) is 6.69. The van der Waals surface area contributed by atoms with Gasteiger partial charge in [0.2, 0.25) is 5.91 Å². The van der Waals surface area contributed by atoms with Crippen molar-refractivity contribution in [1.82, 2.24) is 10.2 Å². The number of amides is 1. The molecule has 3 rings (SSSR count). The minimum absolute atomic E-state index is 0.401. The summed E-state index contributed by atoms with van der Waals surface area (Å²) >= 11 is 0. The maximum atomic E-state index is 11.2. The fourth-order valence-corrected chi connectivity index (χ4v) is 4.08. The lowest BCUT2D eigenvalue weighted by molar-refractivity contribution is 0.100. The Balaban J connectivity index is 1.61. The van der Waals surface area contributed by atoms with Gasteiger partial charge >= 0.3 is 0 Å². The molecule has 2 unspecified atom stereocenters. The number of primary amides is 1. The van der Waals surface area contributed by atoms with Crippen molar-refractivity contribution in [3.05, 3.63) is 71.3 Å². The number of benzene rings is 2. The van der Waals surface area contributed by atoms with Crippen LogP contribution < -0.4 is 11.1 Å². The van der Waals surface area contributed by atoms with Crippen LogP contribution in [0.5, 0.6) is 0 Å². The van der Waals surface area contributed by atoms with E-state index in [1.807, 2.05) is 19.2 Å². The average molecular weight is 379 g/mol. The second kappa shape index (κ2) is 9.40. The van der Waals surface area contributed by atoms with Crippen molar-refractivity contribution >= 4 is 11.9 Å². The second-order valence-corrected chi connectivity index (χ2v) is 7.38. The third-order valence-electron chi connectivity index (χ3n) is 5.69. The van der Waals surface area contributed by atoms with Crippen molar-refractivity contribution in [2.75, 3.05) is 20.1 Å². The number of piperidine rings is 1. The van der Waals surface area contributed by atoms with E-state index in [1.54, 1.807) is 12.1 Å². The molecule has 0 aliphatic carbocycles. The van der Waals surface area contributed by atoms with Gasteiger partial charge in [-0.2, -0.15) is 0 Å². The molecular weight excluding hydrogens is 348 g/mol. The van der Waals surface area contributed by atoms with Gasteiger partial charge < -0.3 is 16.0 Å². The van der Waals surface area contributed by atoms with E-state index in [2.05, 4.69) is 52.5 Å². The van der Waals surface area contributed by atoms with Crippen LogP contribution in [-0.2, 0) is 6.54 Å². The topological polar surface area (TPSA) is 70.7 Å². The molecule has 2 aromatic carbocycles. The monoisotopic (exact) mass is 378 g/mol. The maximum Gasteiger partial charge on any atom is 0.248 e. The van der Waals surface area contributed by atoms with E-state index in [0.29, 0.717) is 23.9 Å². The highest BCUT2D eigenvalue weighted by molar-refractivity contribution is 5.92. The molecule has 1 fully saturated rings. The van der Waals surface area contributed by atoms with Gasteiger partial charge in [-0.3, -0.25) is 9.79 Å². The quantitative estimate of drug-likeness (QED) is 0.619. The van der Waals surface area contributed by atoms with Crippen LogP contribution in [0.2, 0.25) is 0 Å². The van der Waals surface area contributed by atoms with Crippen LogP contribution in [-0.4, -0.2) is 36.9 Å². The second-order valence-electron chi connectivity index (χ2n) is 7.38. The number of guanidine groups is 1. The zero-order chi connectivity index (χ0) is 19.9. The Morgan fingerprint density at radius 3 is 2.50 bits per heavy atom. The molecule has 1 heterocycles. The summed E-state index contributed by atoms with van der Waals surface area (Å²) in [6, 6.07) is 18.3. The van der Waals surface area contributed by atoms with Gasteiger partial charge in [-0.1, -0.05) is 55.8 Å². The summed E-state index contributed by atoms with van der Waals surface area (Å²) < 4.78 is 0. The molecule has 0 radical (unpaired) electrons. The Labute approximate surface area is 167 Å². The molecule has 1 aliphatic heterocycles. The lowest BCUT2D eigenvalue weighted by atomic mass is 9.79. The van der Waals surface area contributed by atoms with Gasteiger partial charge in [0.25, 0.3) is 0 Å². The van der Waals surface area contributed by atoms with Crippen molar-refractivity contribution in [2.24, 2.45) is 16.6 Å². The van der Waals surface area contributed by atoms with Crippen LogP contribution in [0.25, 0.3) is 0 Å². The van der Waals surface area contributed by atoms with Crippen LogP contribution in [0.1, 0.15) is 47.2 Å². The van der Waals surface area contributed by atoms with Crippen molar-refractivity contribution in [1.29, 1.82) is 0 Å². The Morgan fingerprint density at radius 1 is 1.18 bits per heavy atom. The van der Waals surface area contributed by atoms with E-state index in [9.17, 15) is 4.79 Å². The summed E-state index contributed by atoms with van der Waals surface area (Å²) in [6.07, 6.45) is 2.29. The summed E-state index contributed by atoms with van der Waals surface area (Å²) in [7, 11) is 1.84. The minimum Gasteiger partial charge on any atom is -0.366 e. The van der Waals surface area contributed by atoms with E-state index < -0.39 is 5.91 Å². The highest BCUT2D eigenvalue weighted by Crippen LogP contribution is 2.34. The molecule has 2 atom stereocenters. The molecule has 0 bridgehead atoms. The first-order valence-corrected chi connectivity index (χ1v) is 10.0. The Hall–Kier alpha value is -2.82. The highest BCUT2D eigenvalue weighted by Gasteiger charge is 2.30. The number of aliphatic imine (C=N–C) groups is 1. The van der Waals surface area contributed by atoms with Gasteiger partial charge in [-0.15, -0.1) is 0 Å². The molecule has 2 aromatic rings. The zero-order valence-corrected chi connectivity index (χ0v) is 16.8. The predicted octanol–water partition coefficient (Wildman–Crippen LogP) is 3.38. The van der Waals surface area contributed by atoms with Gasteiger partial charge in [0, 0.05) is 32.2 Å². The van der Waals surface area contributed by atoms with Crippen LogP contribution >= 0.6 is 0 Å². The summed E-state index contributed by atoms with van der Waals surface area (Å²) in [5.41, 5.74) is 8.38. The van der Waals surface area contributed by atoms with Gasteiger partial charge in [0.1, 0.15) is 0 Å². The van der Waals surface area contributed by atoms with Crippen LogP contribution in [0, 0.1) is 5.92 Å². The number of nitrogens with one attached hydrogen (secondary N) is 1. The first kappa shape index (κ1) is 19.9. The molecule has 28 heavy (non-hydrogen) atoms. The first-order chi connectivity index (χ1) is 13.6. The predicted molar refractivity (Wildman–Crippen MR) is 114 cm³/mol. The molecule has 5 nitrogen and oxygen atoms in total. The number of carbonyl (C=O) groups is 1. The van der Waals surface area contributed by atoms with Crippen molar-refractivity contribution < 1.29 is 4.79 Å². The largest absolute Gasteiger partial charge is 0.366 e. The maximum absolute atomic E-state index is 11.2. The third kappa shape index (κ3) is 4.71. The number of nitrogens with zero attached hydrogens (tertiary/aromatic N) is 2. The minimum atomic E-state index is -0.401. The third-order valence-corrected chi connectivity index (χ3v) is 5.69. The van der Waals surface area contributed by atoms with E-state index >= 15 is 0 Å². The standard InChI is InChI=1S/C23H30N4O/c1-3-18-16-27(14-13-21(18)19-7-5-4-6-8-19)23(25-2)26-15-17-9-11-20(12-10-17)22(24)28/h4-12,18,21H,3,13-16H2,1-2H3,(H2,24,28)(H,25,26). The number of rotatable bonds is 5. The molecule has 0 saturated carbocycles. The van der Waals surface area contributed by atoms with Crippen molar-refractivity contribution in [2.45, 2.75) is 32.2 Å². The van der Waals surface area contributed by atoms with Crippen molar-refractivity contribution in [3.8, 4) is 0 Å². The summed E-state index contributed by atoms with van der Waals surface area (Å²) in [5, 5.41) is 3.46. The Morgan fingerprint density at radius 2 is 1.89 bits per heavy atom. The fraction of sp³-hybridized carbons (Fsp3) is 0.391. The van der Waals surface area contributed by atoms with E-state index in [1.165, 1.54) is 5.56 Å². The fourth-order valence-electron chi connectivity index (χ4n) is 4.08. The number of likely N-dealkylation sites (tertiary alicyclic amines) is 1. The van der Waals surface area contributed by atoms with E-state index in [0.717, 1.165) is 37.5 Å². The number of hydrogen-bond donors (Lipinski definition) is 2. The highest BCUT2D eigenvalue weighted by atomic mass is 16.1. The SMILES string of the molecule is CCC1CN(C(=NC)NCc2ccc(C(N)=O)cc2)CCC1c1ccccc1. The van der Waals surface area contributed by atoms with E-state index in [4.69, 9.17) is 5.73 Å². The molecular formula is C23H30N4O. The van der Waals surface area contributed by atoms with Gasteiger partial charge in [-0.05, 0) is 41.5 Å². The molecule has 148 valence electrons. The molecule has 1 amide bonds. The number of hydrogen-bond acceptors (Lipinski definition) is 2. The molecule has 0 spiro atoms. The summed E-state index contributed by atoms with van der Waals surface area (Å²) in [4.78, 5) is 18.1. The van der Waals surface area contributed by atoms with Gasteiger partial charge in [-0.25, -0.2) is 0 Å². The van der Waals surface area contributed by atoms with Crippen molar-refractivity contribution in [3.63, 3.8) is 0 Å². The van der Waals surface area contributed by atoms with E-state index in [-0.39, 0.29) is 0 Å². The van der Waals surface area contributed by atoms with Crippen LogP contribution in [0.15, 0.2) is 59.6 Å². The lowest BCUT2D eigenvalue weighted by Gasteiger charge is -2.40. The molecule has 0 aromatic heterocycles. The first-order valence-electron chi connectivity index (χ1n) is 10.0. The smallest absolute Gasteiger partial charge is 0.248 e. The van der Waals surface area contributed by atoms with Crippen LogP contribution in [0.3, 0.4) is 0 Å². The van der Waals surface area contributed by atoms with Crippen LogP contribution in [0.4, 0.5) is 0 Å². The lowest BCUT2D eigenvalue weighted by Crippen LogP contribution is -2.48. The summed E-state index contributed by atoms with van der Waals surface area (Å²) in [5.74, 6) is 1.76. The zero-order valence-electron chi connectivity index (χ0n) is 16.8. The normalized spacial score (nSPS) is 20.1. The summed E-state index contributed by atoms with van der Waals surface area (Å²) in [6.45, 7) is 4.95. The Bertz CT molecular complexity index is 801. The number of carbonyl (C=O) groups excluding carboxylic acids is 1.